The molecular weight excluding hydrogens is 344 g/mol. The van der Waals surface area contributed by atoms with Gasteiger partial charge < -0.3 is 19.9 Å². The second kappa shape index (κ2) is 7.86. The van der Waals surface area contributed by atoms with Gasteiger partial charge in [0.15, 0.2) is 0 Å². The Kier molecular flexibility index (Phi) is 5.31. The molecule has 3 aliphatic heterocycles. The average molecular weight is 372 g/mol. The number of nitrogens with one attached hydrogen (secondary N) is 1. The van der Waals surface area contributed by atoms with Gasteiger partial charge in [-0.1, -0.05) is 12.1 Å². The highest BCUT2D eigenvalue weighted by atomic mass is 16.5. The number of urea groups is 1. The van der Waals surface area contributed by atoms with Crippen molar-refractivity contribution in [2.45, 2.75) is 38.4 Å². The van der Waals surface area contributed by atoms with E-state index in [1.807, 2.05) is 12.1 Å². The maximum Gasteiger partial charge on any atom is 0.320 e. The standard InChI is InChI=1S/C20H28N4O3/c1-15(25)21-17-4-2-16(3-5-17)12-22-8-9-23-19(13-22)14-24(20(23)26)18-6-10-27-11-7-18/h2-5,18-19H,6-14H2,1H3,(H,21,25)/t19-/m1/s1. The number of hydrogen-bond acceptors (Lipinski definition) is 4. The molecule has 0 saturated carbocycles. The fraction of sp³-hybridized carbons (Fsp3) is 0.600. The number of amides is 3. The number of ether oxygens (including phenoxy) is 1. The van der Waals surface area contributed by atoms with Gasteiger partial charge in [0.1, 0.15) is 0 Å². The number of carbonyl (C=O) groups excluding carboxylic acids is 2. The van der Waals surface area contributed by atoms with Crippen molar-refractivity contribution < 1.29 is 14.3 Å². The van der Waals surface area contributed by atoms with Gasteiger partial charge in [0.05, 0.1) is 6.04 Å². The molecule has 146 valence electrons. The summed E-state index contributed by atoms with van der Waals surface area (Å²) in [4.78, 5) is 30.5. The molecule has 1 aromatic rings. The molecule has 0 radical (unpaired) electrons. The predicted molar refractivity (Wildman–Crippen MR) is 102 cm³/mol. The number of hydrogen-bond donors (Lipinski definition) is 1. The highest BCUT2D eigenvalue weighted by Crippen LogP contribution is 2.27. The predicted octanol–water partition coefficient (Wildman–Crippen LogP) is 1.75. The monoisotopic (exact) mass is 372 g/mol. The Balaban J connectivity index is 1.34. The summed E-state index contributed by atoms with van der Waals surface area (Å²) in [5, 5.41) is 2.80. The summed E-state index contributed by atoms with van der Waals surface area (Å²) in [6.07, 6.45) is 1.91. The van der Waals surface area contributed by atoms with Gasteiger partial charge in [-0.25, -0.2) is 4.79 Å². The third-order valence-corrected chi connectivity index (χ3v) is 5.78. The molecule has 3 aliphatic rings. The van der Waals surface area contributed by atoms with Gasteiger partial charge >= 0.3 is 6.03 Å². The Morgan fingerprint density at radius 2 is 1.81 bits per heavy atom. The van der Waals surface area contributed by atoms with E-state index >= 15 is 0 Å². The second-order valence-corrected chi connectivity index (χ2v) is 7.74. The minimum Gasteiger partial charge on any atom is -0.381 e. The summed E-state index contributed by atoms with van der Waals surface area (Å²) >= 11 is 0. The zero-order valence-electron chi connectivity index (χ0n) is 15.9. The molecular formula is C20H28N4O3. The number of piperazine rings is 1. The van der Waals surface area contributed by atoms with E-state index in [0.29, 0.717) is 6.04 Å². The lowest BCUT2D eigenvalue weighted by Crippen LogP contribution is -2.51. The van der Waals surface area contributed by atoms with E-state index in [9.17, 15) is 9.59 Å². The molecule has 3 saturated heterocycles. The molecule has 0 aromatic heterocycles. The summed E-state index contributed by atoms with van der Waals surface area (Å²) in [5.74, 6) is -0.0566. The Hall–Kier alpha value is -2.12. The minimum atomic E-state index is -0.0566. The van der Waals surface area contributed by atoms with E-state index in [1.165, 1.54) is 12.5 Å². The topological polar surface area (TPSA) is 65.1 Å². The van der Waals surface area contributed by atoms with Crippen LogP contribution < -0.4 is 5.32 Å². The van der Waals surface area contributed by atoms with Crippen LogP contribution in [0.4, 0.5) is 10.5 Å². The van der Waals surface area contributed by atoms with Crippen molar-refractivity contribution in [1.82, 2.24) is 14.7 Å². The zero-order valence-corrected chi connectivity index (χ0v) is 15.9. The van der Waals surface area contributed by atoms with Crippen molar-refractivity contribution in [3.8, 4) is 0 Å². The lowest BCUT2D eigenvalue weighted by atomic mass is 10.1. The van der Waals surface area contributed by atoms with Crippen LogP contribution in [-0.4, -0.2) is 78.1 Å². The van der Waals surface area contributed by atoms with Crippen LogP contribution in [0.15, 0.2) is 24.3 Å². The molecule has 3 fully saturated rings. The third kappa shape index (κ3) is 4.09. The largest absolute Gasteiger partial charge is 0.381 e. The number of nitrogens with zero attached hydrogens (tertiary/aromatic N) is 3. The first-order valence-electron chi connectivity index (χ1n) is 9.84. The molecule has 3 heterocycles. The fourth-order valence-corrected chi connectivity index (χ4v) is 4.40. The van der Waals surface area contributed by atoms with Crippen LogP contribution in [-0.2, 0) is 16.1 Å². The van der Waals surface area contributed by atoms with Crippen molar-refractivity contribution in [2.24, 2.45) is 0 Å². The first kappa shape index (κ1) is 18.3. The summed E-state index contributed by atoms with van der Waals surface area (Å²) in [6, 6.07) is 8.85. The molecule has 7 nitrogen and oxygen atoms in total. The molecule has 0 aliphatic carbocycles. The van der Waals surface area contributed by atoms with Gasteiger partial charge in [-0.05, 0) is 30.5 Å². The minimum absolute atomic E-state index is 0.0566. The van der Waals surface area contributed by atoms with Crippen LogP contribution in [0.5, 0.6) is 0 Å². The molecule has 3 amide bonds. The SMILES string of the molecule is CC(=O)Nc1ccc(CN2CCN3C(=O)N(C4CCOCC4)C[C@H]3C2)cc1. The van der Waals surface area contributed by atoms with Crippen LogP contribution in [0.2, 0.25) is 0 Å². The molecule has 0 bridgehead atoms. The van der Waals surface area contributed by atoms with Crippen molar-refractivity contribution in [3.05, 3.63) is 29.8 Å². The maximum atomic E-state index is 12.8. The summed E-state index contributed by atoms with van der Waals surface area (Å²) in [7, 11) is 0. The summed E-state index contributed by atoms with van der Waals surface area (Å²) in [6.45, 7) is 7.36. The van der Waals surface area contributed by atoms with Crippen LogP contribution in [0.1, 0.15) is 25.3 Å². The molecule has 1 aromatic carbocycles. The number of fused-ring (bicyclic) bond motifs is 1. The lowest BCUT2D eigenvalue weighted by Gasteiger charge is -2.36. The molecule has 4 rings (SSSR count). The normalized spacial score (nSPS) is 24.2. The summed E-state index contributed by atoms with van der Waals surface area (Å²) in [5.41, 5.74) is 2.05. The zero-order chi connectivity index (χ0) is 18.8. The Labute approximate surface area is 160 Å². The third-order valence-electron chi connectivity index (χ3n) is 5.78. The maximum absolute atomic E-state index is 12.8. The van der Waals surface area contributed by atoms with Gasteiger partial charge in [0.25, 0.3) is 0 Å². The van der Waals surface area contributed by atoms with Crippen molar-refractivity contribution in [1.29, 1.82) is 0 Å². The first-order chi connectivity index (χ1) is 13.1. The van der Waals surface area contributed by atoms with Crippen molar-refractivity contribution >= 4 is 17.6 Å². The molecule has 1 atom stereocenters. The van der Waals surface area contributed by atoms with E-state index < -0.39 is 0 Å². The molecule has 27 heavy (non-hydrogen) atoms. The van der Waals surface area contributed by atoms with Crippen LogP contribution in [0, 0.1) is 0 Å². The Morgan fingerprint density at radius 1 is 1.07 bits per heavy atom. The quantitative estimate of drug-likeness (QED) is 0.875. The van der Waals surface area contributed by atoms with Gasteiger partial charge in [-0.3, -0.25) is 9.69 Å². The smallest absolute Gasteiger partial charge is 0.320 e. The lowest BCUT2D eigenvalue weighted by molar-refractivity contribution is -0.114. The van der Waals surface area contributed by atoms with Gasteiger partial charge in [0.2, 0.25) is 5.91 Å². The van der Waals surface area contributed by atoms with E-state index in [2.05, 4.69) is 32.1 Å². The number of rotatable bonds is 4. The van der Waals surface area contributed by atoms with E-state index in [0.717, 1.165) is 64.5 Å². The number of anilines is 1. The van der Waals surface area contributed by atoms with Crippen molar-refractivity contribution in [3.63, 3.8) is 0 Å². The average Bonchev–Trinajstić information content (AvgIpc) is 3.00. The fourth-order valence-electron chi connectivity index (χ4n) is 4.40. The van der Waals surface area contributed by atoms with Gasteiger partial charge in [-0.15, -0.1) is 0 Å². The number of carbonyl (C=O) groups is 2. The first-order valence-corrected chi connectivity index (χ1v) is 9.84. The van der Waals surface area contributed by atoms with Crippen LogP contribution in [0.25, 0.3) is 0 Å². The van der Waals surface area contributed by atoms with E-state index in [-0.39, 0.29) is 18.0 Å². The van der Waals surface area contributed by atoms with Crippen molar-refractivity contribution in [2.75, 3.05) is 44.7 Å². The van der Waals surface area contributed by atoms with Gasteiger partial charge in [-0.2, -0.15) is 0 Å². The van der Waals surface area contributed by atoms with E-state index in [1.54, 1.807) is 0 Å². The molecule has 0 spiro atoms. The van der Waals surface area contributed by atoms with E-state index in [4.69, 9.17) is 4.74 Å². The second-order valence-electron chi connectivity index (χ2n) is 7.74. The summed E-state index contributed by atoms with van der Waals surface area (Å²) < 4.78 is 5.44. The Bertz CT molecular complexity index is 687. The molecule has 1 N–H and O–H groups in total. The highest BCUT2D eigenvalue weighted by molar-refractivity contribution is 5.88. The molecule has 7 heteroatoms. The van der Waals surface area contributed by atoms with Gasteiger partial charge in [0, 0.05) is 64.6 Å². The van der Waals surface area contributed by atoms with Crippen LogP contribution >= 0.6 is 0 Å². The number of benzene rings is 1. The van der Waals surface area contributed by atoms with Crippen LogP contribution in [0.3, 0.4) is 0 Å². The Morgan fingerprint density at radius 3 is 2.52 bits per heavy atom. The molecule has 0 unspecified atom stereocenters. The highest BCUT2D eigenvalue weighted by Gasteiger charge is 2.43.